The average molecular weight is 297 g/mol. The topological polar surface area (TPSA) is 73.7 Å². The predicted molar refractivity (Wildman–Crippen MR) is 77.0 cm³/mol. The van der Waals surface area contributed by atoms with Crippen LogP contribution in [0.5, 0.6) is 0 Å². The van der Waals surface area contributed by atoms with Gasteiger partial charge in [0.15, 0.2) is 0 Å². The molecule has 0 aliphatic heterocycles. The summed E-state index contributed by atoms with van der Waals surface area (Å²) in [4.78, 5) is 25.5. The molecule has 1 aromatic rings. The van der Waals surface area contributed by atoms with E-state index in [2.05, 4.69) is 9.84 Å². The molecule has 0 aromatic carbocycles. The summed E-state index contributed by atoms with van der Waals surface area (Å²) in [5.74, 6) is -0.479. The lowest BCUT2D eigenvalue weighted by atomic mass is 10.2. The summed E-state index contributed by atoms with van der Waals surface area (Å²) in [6, 6.07) is 0. The number of aryl methyl sites for hydroxylation is 2. The maximum Gasteiger partial charge on any atom is 0.307 e. The Kier molecular flexibility index (Phi) is 6.87. The number of amides is 1. The first-order chi connectivity index (χ1) is 10.0. The molecule has 0 saturated carbocycles. The summed E-state index contributed by atoms with van der Waals surface area (Å²) in [5.41, 5.74) is 1.32. The van der Waals surface area contributed by atoms with Crippen molar-refractivity contribution in [2.24, 2.45) is 7.05 Å². The van der Waals surface area contributed by atoms with Crippen LogP contribution in [0, 0.1) is 0 Å². The number of nitrogens with zero attached hydrogens (tertiary/aromatic N) is 3. The fraction of sp³-hybridized carbons (Fsp3) is 0.643. The number of carbonyl (C=O) groups is 2. The highest BCUT2D eigenvalue weighted by atomic mass is 16.5. The molecule has 1 rings (SSSR count). The summed E-state index contributed by atoms with van der Waals surface area (Å²) in [6.07, 6.45) is 2.55. The van der Waals surface area contributed by atoms with Crippen molar-refractivity contribution in [3.05, 3.63) is 17.5 Å². The van der Waals surface area contributed by atoms with Crippen molar-refractivity contribution < 1.29 is 19.1 Å². The highest BCUT2D eigenvalue weighted by molar-refractivity contribution is 5.95. The van der Waals surface area contributed by atoms with Crippen molar-refractivity contribution in [1.82, 2.24) is 14.7 Å². The van der Waals surface area contributed by atoms with Gasteiger partial charge in [0.25, 0.3) is 5.91 Å². The van der Waals surface area contributed by atoms with Gasteiger partial charge in [0.2, 0.25) is 0 Å². The number of methoxy groups -OCH3 is 2. The Bertz CT molecular complexity index is 485. The molecule has 0 bridgehead atoms. The van der Waals surface area contributed by atoms with E-state index in [0.29, 0.717) is 31.7 Å². The van der Waals surface area contributed by atoms with Crippen LogP contribution in [0.25, 0.3) is 0 Å². The quantitative estimate of drug-likeness (QED) is 0.658. The second kappa shape index (κ2) is 8.41. The highest BCUT2D eigenvalue weighted by Crippen LogP contribution is 2.11. The summed E-state index contributed by atoms with van der Waals surface area (Å²) in [5, 5.41) is 4.27. The zero-order chi connectivity index (χ0) is 15.8. The van der Waals surface area contributed by atoms with Gasteiger partial charge in [-0.3, -0.25) is 14.3 Å². The van der Waals surface area contributed by atoms with Crippen LogP contribution in [0.15, 0.2) is 6.20 Å². The molecular weight excluding hydrogens is 274 g/mol. The average Bonchev–Trinajstić information content (AvgIpc) is 2.87. The normalized spacial score (nSPS) is 10.5. The monoisotopic (exact) mass is 297 g/mol. The van der Waals surface area contributed by atoms with Crippen molar-refractivity contribution in [1.29, 1.82) is 0 Å². The van der Waals surface area contributed by atoms with Crippen LogP contribution in [0.4, 0.5) is 0 Å². The molecule has 0 unspecified atom stereocenters. The summed E-state index contributed by atoms with van der Waals surface area (Å²) in [6.45, 7) is 3.08. The zero-order valence-electron chi connectivity index (χ0n) is 13.1. The number of ether oxygens (including phenoxy) is 2. The Balaban J connectivity index is 2.84. The van der Waals surface area contributed by atoms with Crippen molar-refractivity contribution in [2.45, 2.75) is 19.8 Å². The minimum atomic E-state index is -0.341. The fourth-order valence-corrected chi connectivity index (χ4v) is 1.99. The van der Waals surface area contributed by atoms with Crippen molar-refractivity contribution in [2.75, 3.05) is 33.9 Å². The maximum absolute atomic E-state index is 12.6. The number of aromatic nitrogens is 2. The van der Waals surface area contributed by atoms with E-state index in [1.165, 1.54) is 7.11 Å². The van der Waals surface area contributed by atoms with Gasteiger partial charge in [-0.1, -0.05) is 6.92 Å². The van der Waals surface area contributed by atoms with Gasteiger partial charge in [-0.2, -0.15) is 5.10 Å². The summed E-state index contributed by atoms with van der Waals surface area (Å²) < 4.78 is 11.3. The Labute approximate surface area is 124 Å². The molecule has 0 N–H and O–H groups in total. The molecule has 0 aliphatic carbocycles. The van der Waals surface area contributed by atoms with Crippen LogP contribution in [-0.2, 0) is 27.7 Å². The fourth-order valence-electron chi connectivity index (χ4n) is 1.99. The first kappa shape index (κ1) is 17.2. The second-order valence-corrected chi connectivity index (χ2v) is 4.63. The molecule has 21 heavy (non-hydrogen) atoms. The third kappa shape index (κ3) is 4.86. The van der Waals surface area contributed by atoms with E-state index in [-0.39, 0.29) is 18.3 Å². The number of hydrogen-bond acceptors (Lipinski definition) is 5. The molecular formula is C14H23N3O4. The smallest absolute Gasteiger partial charge is 0.307 e. The van der Waals surface area contributed by atoms with Crippen LogP contribution in [0.2, 0.25) is 0 Å². The minimum absolute atomic E-state index is 0.138. The molecule has 0 atom stereocenters. The second-order valence-electron chi connectivity index (χ2n) is 4.63. The van der Waals surface area contributed by atoms with Gasteiger partial charge >= 0.3 is 5.97 Å². The number of hydrogen-bond donors (Lipinski definition) is 0. The van der Waals surface area contributed by atoms with Crippen LogP contribution in [0.3, 0.4) is 0 Å². The number of rotatable bonds is 8. The van der Waals surface area contributed by atoms with E-state index in [9.17, 15) is 9.59 Å². The van der Waals surface area contributed by atoms with Crippen molar-refractivity contribution in [3.63, 3.8) is 0 Å². The number of esters is 1. The zero-order valence-corrected chi connectivity index (χ0v) is 13.1. The van der Waals surface area contributed by atoms with E-state index in [1.54, 1.807) is 29.9 Å². The van der Waals surface area contributed by atoms with Gasteiger partial charge in [-0.05, 0) is 6.42 Å². The van der Waals surface area contributed by atoms with E-state index in [0.717, 1.165) is 5.69 Å². The first-order valence-electron chi connectivity index (χ1n) is 6.91. The number of carbonyl (C=O) groups excluding carboxylic acids is 2. The largest absolute Gasteiger partial charge is 0.469 e. The molecule has 0 aliphatic rings. The standard InChI is InChI=1S/C14H23N3O4/c1-5-12-11(10-16(2)15-12)14(19)17(8-9-20-3)7-6-13(18)21-4/h10H,5-9H2,1-4H3. The van der Waals surface area contributed by atoms with Crippen molar-refractivity contribution >= 4 is 11.9 Å². The van der Waals surface area contributed by atoms with Crippen molar-refractivity contribution in [3.8, 4) is 0 Å². The molecule has 0 radical (unpaired) electrons. The molecule has 1 aromatic heterocycles. The summed E-state index contributed by atoms with van der Waals surface area (Å²) >= 11 is 0. The van der Waals surface area contributed by atoms with E-state index < -0.39 is 0 Å². The lowest BCUT2D eigenvalue weighted by Gasteiger charge is -2.21. The Morgan fingerprint density at radius 2 is 2.05 bits per heavy atom. The maximum atomic E-state index is 12.6. The Morgan fingerprint density at radius 3 is 2.62 bits per heavy atom. The first-order valence-corrected chi connectivity index (χ1v) is 6.91. The Hall–Kier alpha value is -1.89. The van der Waals surface area contributed by atoms with E-state index in [4.69, 9.17) is 4.74 Å². The molecule has 1 heterocycles. The molecule has 7 heteroatoms. The lowest BCUT2D eigenvalue weighted by Crippen LogP contribution is -2.36. The van der Waals surface area contributed by atoms with Gasteiger partial charge in [0.1, 0.15) is 0 Å². The third-order valence-electron chi connectivity index (χ3n) is 3.14. The van der Waals surface area contributed by atoms with Gasteiger partial charge in [0, 0.05) is 33.4 Å². The van der Waals surface area contributed by atoms with E-state index >= 15 is 0 Å². The highest BCUT2D eigenvalue weighted by Gasteiger charge is 2.21. The van der Waals surface area contributed by atoms with Gasteiger partial charge in [-0.25, -0.2) is 0 Å². The Morgan fingerprint density at radius 1 is 1.33 bits per heavy atom. The molecule has 118 valence electrons. The molecule has 0 saturated heterocycles. The lowest BCUT2D eigenvalue weighted by molar-refractivity contribution is -0.140. The van der Waals surface area contributed by atoms with Gasteiger partial charge in [-0.15, -0.1) is 0 Å². The SMILES string of the molecule is CCc1nn(C)cc1C(=O)N(CCOC)CCC(=O)OC. The van der Waals surface area contributed by atoms with Crippen LogP contribution in [-0.4, -0.2) is 60.5 Å². The molecule has 0 spiro atoms. The van der Waals surface area contributed by atoms with Crippen LogP contribution < -0.4 is 0 Å². The minimum Gasteiger partial charge on any atom is -0.469 e. The molecule has 0 fully saturated rings. The van der Waals surface area contributed by atoms with Gasteiger partial charge in [0.05, 0.1) is 31.4 Å². The predicted octanol–water partition coefficient (Wildman–Crippen LogP) is 0.634. The van der Waals surface area contributed by atoms with Gasteiger partial charge < -0.3 is 14.4 Å². The van der Waals surface area contributed by atoms with Crippen LogP contribution in [0.1, 0.15) is 29.4 Å². The third-order valence-corrected chi connectivity index (χ3v) is 3.14. The molecule has 1 amide bonds. The van der Waals surface area contributed by atoms with Crippen LogP contribution >= 0.6 is 0 Å². The summed E-state index contributed by atoms with van der Waals surface area (Å²) in [7, 11) is 4.69. The van der Waals surface area contributed by atoms with E-state index in [1.807, 2.05) is 6.92 Å². The molecule has 7 nitrogen and oxygen atoms in total.